The fourth-order valence-corrected chi connectivity index (χ4v) is 3.37. The molecular weight excluding hydrogens is 380 g/mol. The van der Waals surface area contributed by atoms with Crippen molar-refractivity contribution < 1.29 is 19.8 Å². The number of nitrogens with one attached hydrogen (secondary N) is 2. The molecule has 150 valence electrons. The van der Waals surface area contributed by atoms with Crippen molar-refractivity contribution in [3.05, 3.63) is 84.9 Å². The molecule has 4 rings (SSSR count). The second-order valence-electron chi connectivity index (χ2n) is 6.92. The molecule has 0 saturated heterocycles. The van der Waals surface area contributed by atoms with Crippen molar-refractivity contribution in [1.29, 1.82) is 0 Å². The predicted octanol–water partition coefficient (Wildman–Crippen LogP) is 3.29. The minimum absolute atomic E-state index is 0.485. The molecule has 0 bridgehead atoms. The second-order valence-corrected chi connectivity index (χ2v) is 6.92. The van der Waals surface area contributed by atoms with E-state index in [0.717, 1.165) is 21.5 Å². The first-order valence-electron chi connectivity index (χ1n) is 9.48. The molecular formula is C24H20N2O4. The van der Waals surface area contributed by atoms with Crippen LogP contribution in [0.2, 0.25) is 0 Å². The number of hydrogen-bond acceptors (Lipinski definition) is 4. The number of carbonyl (C=O) groups is 2. The number of aliphatic hydroxyl groups excluding tert-OH is 2. The van der Waals surface area contributed by atoms with Crippen LogP contribution in [0.5, 0.6) is 0 Å². The lowest BCUT2D eigenvalue weighted by atomic mass is 10.1. The summed E-state index contributed by atoms with van der Waals surface area (Å²) < 4.78 is 0. The van der Waals surface area contributed by atoms with Gasteiger partial charge in [-0.1, -0.05) is 72.8 Å². The van der Waals surface area contributed by atoms with E-state index in [2.05, 4.69) is 10.6 Å². The van der Waals surface area contributed by atoms with Crippen molar-refractivity contribution in [1.82, 2.24) is 0 Å². The summed E-state index contributed by atoms with van der Waals surface area (Å²) >= 11 is 0. The Balaban J connectivity index is 1.49. The van der Waals surface area contributed by atoms with Crippen LogP contribution in [-0.2, 0) is 9.59 Å². The maximum Gasteiger partial charge on any atom is 0.256 e. The number of hydrogen-bond donors (Lipinski definition) is 4. The normalized spacial score (nSPS) is 13.0. The highest BCUT2D eigenvalue weighted by molar-refractivity contribution is 6.08. The summed E-state index contributed by atoms with van der Waals surface area (Å²) in [5.41, 5.74) is 0.970. The van der Waals surface area contributed by atoms with Crippen LogP contribution in [0.3, 0.4) is 0 Å². The first kappa shape index (κ1) is 19.6. The Morgan fingerprint density at radius 2 is 0.933 bits per heavy atom. The molecule has 0 aromatic heterocycles. The van der Waals surface area contributed by atoms with Crippen molar-refractivity contribution >= 4 is 44.7 Å². The zero-order valence-corrected chi connectivity index (χ0v) is 15.9. The number of amides is 2. The lowest BCUT2D eigenvalue weighted by molar-refractivity contribution is -0.139. The third-order valence-corrected chi connectivity index (χ3v) is 4.93. The molecule has 0 unspecified atom stereocenters. The Morgan fingerprint density at radius 1 is 0.567 bits per heavy atom. The van der Waals surface area contributed by atoms with Gasteiger partial charge in [-0.2, -0.15) is 0 Å². The minimum atomic E-state index is -1.93. The first-order valence-corrected chi connectivity index (χ1v) is 9.48. The van der Waals surface area contributed by atoms with E-state index in [1.807, 2.05) is 60.7 Å². The Bertz CT molecular complexity index is 1130. The van der Waals surface area contributed by atoms with Gasteiger partial charge in [-0.15, -0.1) is 0 Å². The summed E-state index contributed by atoms with van der Waals surface area (Å²) in [7, 11) is 0. The van der Waals surface area contributed by atoms with Gasteiger partial charge < -0.3 is 20.8 Å². The summed E-state index contributed by atoms with van der Waals surface area (Å²) in [6.07, 6.45) is -3.86. The quantitative estimate of drug-likeness (QED) is 0.413. The fourth-order valence-electron chi connectivity index (χ4n) is 3.37. The van der Waals surface area contributed by atoms with Crippen LogP contribution in [0.1, 0.15) is 0 Å². The zero-order valence-electron chi connectivity index (χ0n) is 15.9. The van der Waals surface area contributed by atoms with E-state index in [1.165, 1.54) is 0 Å². The monoisotopic (exact) mass is 400 g/mol. The highest BCUT2D eigenvalue weighted by Crippen LogP contribution is 2.24. The molecule has 30 heavy (non-hydrogen) atoms. The van der Waals surface area contributed by atoms with Crippen molar-refractivity contribution in [2.75, 3.05) is 10.6 Å². The highest BCUT2D eigenvalue weighted by atomic mass is 16.3. The van der Waals surface area contributed by atoms with E-state index in [0.29, 0.717) is 11.4 Å². The summed E-state index contributed by atoms with van der Waals surface area (Å²) in [5, 5.41) is 29.1. The molecule has 2 atom stereocenters. The molecule has 0 aliphatic carbocycles. The highest BCUT2D eigenvalue weighted by Gasteiger charge is 2.31. The first-order chi connectivity index (χ1) is 14.5. The molecule has 4 aromatic carbocycles. The maximum absolute atomic E-state index is 12.5. The number of aliphatic hydroxyl groups is 2. The van der Waals surface area contributed by atoms with Gasteiger partial charge in [0.05, 0.1) is 0 Å². The van der Waals surface area contributed by atoms with Gasteiger partial charge in [-0.25, -0.2) is 0 Å². The molecule has 0 heterocycles. The molecule has 4 aromatic rings. The molecule has 6 nitrogen and oxygen atoms in total. The number of anilines is 2. The molecule has 0 aliphatic rings. The number of fused-ring (bicyclic) bond motifs is 2. The predicted molar refractivity (Wildman–Crippen MR) is 117 cm³/mol. The van der Waals surface area contributed by atoms with Crippen LogP contribution in [0.25, 0.3) is 21.5 Å². The van der Waals surface area contributed by atoms with Crippen molar-refractivity contribution in [3.8, 4) is 0 Å². The Labute approximate surface area is 172 Å². The van der Waals surface area contributed by atoms with E-state index >= 15 is 0 Å². The standard InChI is InChI=1S/C24H20N2O4/c27-21(23(29)25-19-13-5-9-15-7-1-3-11-17(15)19)22(28)24(30)26-20-14-6-10-16-8-2-4-12-18(16)20/h1-14,21-22,27-28H,(H,25,29)(H,26,30)/t21-,22-/m0/s1. The SMILES string of the molecule is O=C(Nc1cccc2ccccc12)[C@@H](O)[C@H](O)C(=O)Nc1cccc2ccccc12. The smallest absolute Gasteiger partial charge is 0.256 e. The average Bonchev–Trinajstić information content (AvgIpc) is 2.78. The lowest BCUT2D eigenvalue weighted by Gasteiger charge is -2.18. The third-order valence-electron chi connectivity index (χ3n) is 4.93. The molecule has 2 amide bonds. The van der Waals surface area contributed by atoms with E-state index in [9.17, 15) is 19.8 Å². The van der Waals surface area contributed by atoms with Crippen LogP contribution >= 0.6 is 0 Å². The molecule has 4 N–H and O–H groups in total. The summed E-state index contributed by atoms with van der Waals surface area (Å²) in [5.74, 6) is -1.74. The van der Waals surface area contributed by atoms with Crippen LogP contribution in [0, 0.1) is 0 Å². The van der Waals surface area contributed by atoms with Gasteiger partial charge in [-0.3, -0.25) is 9.59 Å². The van der Waals surface area contributed by atoms with Gasteiger partial charge in [0.15, 0.2) is 12.2 Å². The molecule has 0 spiro atoms. The van der Waals surface area contributed by atoms with Gasteiger partial charge in [0.1, 0.15) is 0 Å². The molecule has 0 saturated carbocycles. The summed E-state index contributed by atoms with van der Waals surface area (Å²) in [6.45, 7) is 0. The lowest BCUT2D eigenvalue weighted by Crippen LogP contribution is -2.45. The van der Waals surface area contributed by atoms with Crippen LogP contribution in [0.15, 0.2) is 84.9 Å². The molecule has 0 aliphatic heterocycles. The van der Waals surface area contributed by atoms with E-state index in [4.69, 9.17) is 0 Å². The van der Waals surface area contributed by atoms with Crippen molar-refractivity contribution in [3.63, 3.8) is 0 Å². The third kappa shape index (κ3) is 3.87. The summed E-state index contributed by atoms with van der Waals surface area (Å²) in [4.78, 5) is 24.9. The topological polar surface area (TPSA) is 98.7 Å². The molecule has 6 heteroatoms. The minimum Gasteiger partial charge on any atom is -0.380 e. The Kier molecular flexibility index (Phi) is 5.43. The van der Waals surface area contributed by atoms with E-state index in [1.54, 1.807) is 24.3 Å². The van der Waals surface area contributed by atoms with Crippen molar-refractivity contribution in [2.45, 2.75) is 12.2 Å². The number of benzene rings is 4. The van der Waals surface area contributed by atoms with Crippen molar-refractivity contribution in [2.24, 2.45) is 0 Å². The fraction of sp³-hybridized carbons (Fsp3) is 0.0833. The van der Waals surface area contributed by atoms with E-state index in [-0.39, 0.29) is 0 Å². The number of rotatable bonds is 5. The molecule has 0 fully saturated rings. The zero-order chi connectivity index (χ0) is 21.1. The number of carbonyl (C=O) groups excluding carboxylic acids is 2. The second kappa shape index (κ2) is 8.32. The average molecular weight is 400 g/mol. The maximum atomic E-state index is 12.5. The van der Waals surface area contributed by atoms with Gasteiger partial charge in [0.2, 0.25) is 0 Å². The molecule has 0 radical (unpaired) electrons. The van der Waals surface area contributed by atoms with Gasteiger partial charge in [0, 0.05) is 22.1 Å². The van der Waals surface area contributed by atoms with Crippen LogP contribution in [-0.4, -0.2) is 34.2 Å². The van der Waals surface area contributed by atoms with Gasteiger partial charge >= 0.3 is 0 Å². The van der Waals surface area contributed by atoms with Gasteiger partial charge in [0.25, 0.3) is 11.8 Å². The van der Waals surface area contributed by atoms with Crippen LogP contribution < -0.4 is 10.6 Å². The Morgan fingerprint density at radius 3 is 1.37 bits per heavy atom. The van der Waals surface area contributed by atoms with E-state index < -0.39 is 24.0 Å². The summed E-state index contributed by atoms with van der Waals surface area (Å²) in [6, 6.07) is 25.6. The van der Waals surface area contributed by atoms with Crippen LogP contribution in [0.4, 0.5) is 11.4 Å². The Hall–Kier alpha value is -3.74. The largest absolute Gasteiger partial charge is 0.380 e. The van der Waals surface area contributed by atoms with Gasteiger partial charge in [-0.05, 0) is 22.9 Å².